The fourth-order valence-electron chi connectivity index (χ4n) is 7.52. The molecule has 3 aromatic carbocycles. The Hall–Kier alpha value is -4.80. The minimum Gasteiger partial charge on any atom is -0.463 e. The van der Waals surface area contributed by atoms with Crippen LogP contribution in [0.3, 0.4) is 0 Å². The molecule has 3 aromatic rings. The number of hydrogen-bond acceptors (Lipinski definition) is 7. The number of esters is 1. The number of aliphatic hydroxyl groups excluding tert-OH is 1. The van der Waals surface area contributed by atoms with E-state index in [0.717, 1.165) is 16.3 Å². The van der Waals surface area contributed by atoms with Crippen molar-refractivity contribution >= 4 is 40.2 Å². The first kappa shape index (κ1) is 30.8. The van der Waals surface area contributed by atoms with Crippen molar-refractivity contribution in [2.24, 2.45) is 11.8 Å². The summed E-state index contributed by atoms with van der Waals surface area (Å²) in [6.45, 7) is 1.47. The Balaban J connectivity index is 1.31. The lowest BCUT2D eigenvalue weighted by molar-refractivity contribution is -0.146. The second kappa shape index (κ2) is 12.4. The summed E-state index contributed by atoms with van der Waals surface area (Å²) in [5.74, 6) is -3.67. The van der Waals surface area contributed by atoms with Gasteiger partial charge in [-0.3, -0.25) is 19.2 Å². The quantitative estimate of drug-likeness (QED) is 0.332. The average Bonchev–Trinajstić information content (AvgIpc) is 3.48. The van der Waals surface area contributed by atoms with Gasteiger partial charge in [0.05, 0.1) is 36.6 Å². The molecule has 0 aliphatic carbocycles. The van der Waals surface area contributed by atoms with Crippen LogP contribution in [0.2, 0.25) is 0 Å². The van der Waals surface area contributed by atoms with Crippen LogP contribution in [0.15, 0.2) is 97.1 Å². The standard InChI is InChI=1S/C37H37N3O7/c1-23(21-41)40-33-36(45)39(27-17-16-24-10-5-6-13-26(24)20-27)19-9-18-37(33)32(35(40)44)31-29(47-37)14-7-8-15-30(42)46-22-28(38-34(31)43)25-11-3-2-4-12-25/h2-7,9-14,16-18,20,23,28-29,31-33,41H,8,15,19,21-22H2,1H3,(H,38,43)/b14-7-/t23-,28+,29-,31+,32+,33-,37+/m1/s1. The van der Waals surface area contributed by atoms with Crippen LogP contribution >= 0.6 is 0 Å². The number of nitrogens with one attached hydrogen (secondary N) is 1. The number of nitrogens with zero attached hydrogens (tertiary/aromatic N) is 2. The first-order valence-electron chi connectivity index (χ1n) is 16.1. The highest BCUT2D eigenvalue weighted by atomic mass is 16.5. The van der Waals surface area contributed by atoms with Crippen LogP contribution in [0.4, 0.5) is 5.69 Å². The van der Waals surface area contributed by atoms with Gasteiger partial charge in [-0.05, 0) is 41.8 Å². The molecule has 2 N–H and O–H groups in total. The SMILES string of the molecule is C[C@H](CO)N1C(=O)[C@@H]2[C@H]3C(=O)N[C@H](c4ccccc4)COC(=O)CC/C=C\[C@H]3O[C@@]23C=CCN(c2ccc4ccccc4c2)C(=O)[C@@H]13. The van der Waals surface area contributed by atoms with Gasteiger partial charge in [-0.2, -0.15) is 0 Å². The van der Waals surface area contributed by atoms with E-state index in [9.17, 15) is 24.3 Å². The van der Waals surface area contributed by atoms with Gasteiger partial charge in [0.15, 0.2) is 0 Å². The molecule has 0 saturated carbocycles. The summed E-state index contributed by atoms with van der Waals surface area (Å²) >= 11 is 0. The number of hydrogen-bond donors (Lipinski definition) is 2. The van der Waals surface area contributed by atoms with Crippen LogP contribution in [0, 0.1) is 11.8 Å². The second-order valence-corrected chi connectivity index (χ2v) is 12.6. The van der Waals surface area contributed by atoms with E-state index in [2.05, 4.69) is 5.32 Å². The van der Waals surface area contributed by atoms with Gasteiger partial charge in [0.1, 0.15) is 18.2 Å². The summed E-state index contributed by atoms with van der Waals surface area (Å²) in [6.07, 6.45) is 6.73. The molecule has 242 valence electrons. The Morgan fingerprint density at radius 1 is 0.957 bits per heavy atom. The molecule has 0 bridgehead atoms. The number of fused-ring (bicyclic) bond motifs is 3. The molecule has 2 fully saturated rings. The molecule has 1 spiro atoms. The number of benzene rings is 3. The molecule has 3 amide bonds. The Kier molecular flexibility index (Phi) is 8.15. The number of carbonyl (C=O) groups is 4. The van der Waals surface area contributed by atoms with Crippen LogP contribution in [0.1, 0.15) is 31.4 Å². The topological polar surface area (TPSA) is 125 Å². The molecule has 4 aliphatic heterocycles. The molecule has 0 unspecified atom stereocenters. The molecular formula is C37H37N3O7. The van der Waals surface area contributed by atoms with Gasteiger partial charge in [0.2, 0.25) is 11.8 Å². The minimum atomic E-state index is -1.48. The maximum absolute atomic E-state index is 14.7. The third kappa shape index (κ3) is 5.31. The zero-order valence-electron chi connectivity index (χ0n) is 26.0. The van der Waals surface area contributed by atoms with Crippen molar-refractivity contribution in [2.45, 2.75) is 49.6 Å². The van der Waals surface area contributed by atoms with Crippen LogP contribution in [-0.2, 0) is 28.7 Å². The van der Waals surface area contributed by atoms with Crippen molar-refractivity contribution in [1.82, 2.24) is 10.2 Å². The van der Waals surface area contributed by atoms with Crippen LogP contribution < -0.4 is 10.2 Å². The first-order chi connectivity index (χ1) is 22.8. The Bertz CT molecular complexity index is 1770. The van der Waals surface area contributed by atoms with Crippen LogP contribution in [-0.4, -0.2) is 77.2 Å². The van der Waals surface area contributed by atoms with Gasteiger partial charge < -0.3 is 29.7 Å². The third-order valence-electron chi connectivity index (χ3n) is 9.79. The Labute approximate surface area is 272 Å². The van der Waals surface area contributed by atoms with Crippen molar-refractivity contribution in [2.75, 3.05) is 24.7 Å². The maximum Gasteiger partial charge on any atom is 0.306 e. The monoisotopic (exact) mass is 635 g/mol. The summed E-state index contributed by atoms with van der Waals surface area (Å²) < 4.78 is 12.3. The first-order valence-corrected chi connectivity index (χ1v) is 16.1. The lowest BCUT2D eigenvalue weighted by atomic mass is 9.77. The number of anilines is 1. The van der Waals surface area contributed by atoms with E-state index in [1.54, 1.807) is 30.1 Å². The third-order valence-corrected chi connectivity index (χ3v) is 9.79. The summed E-state index contributed by atoms with van der Waals surface area (Å²) in [6, 6.07) is 20.3. The zero-order valence-corrected chi connectivity index (χ0v) is 26.0. The van der Waals surface area contributed by atoms with Crippen molar-refractivity contribution in [3.8, 4) is 0 Å². The molecule has 47 heavy (non-hydrogen) atoms. The predicted octanol–water partition coefficient (Wildman–Crippen LogP) is 3.45. The van der Waals surface area contributed by atoms with Gasteiger partial charge in [0.25, 0.3) is 5.91 Å². The number of rotatable bonds is 4. The molecule has 0 radical (unpaired) electrons. The van der Waals surface area contributed by atoms with E-state index < -0.39 is 53.5 Å². The van der Waals surface area contributed by atoms with Gasteiger partial charge in [-0.1, -0.05) is 85.0 Å². The highest BCUT2D eigenvalue weighted by molar-refractivity contribution is 6.06. The highest BCUT2D eigenvalue weighted by Crippen LogP contribution is 2.53. The van der Waals surface area contributed by atoms with Crippen molar-refractivity contribution < 1.29 is 33.8 Å². The number of likely N-dealkylation sites (tertiary alicyclic amines) is 1. The van der Waals surface area contributed by atoms with Crippen LogP contribution in [0.5, 0.6) is 0 Å². The largest absolute Gasteiger partial charge is 0.463 e. The Morgan fingerprint density at radius 2 is 1.72 bits per heavy atom. The van der Waals surface area contributed by atoms with Gasteiger partial charge in [0, 0.05) is 18.7 Å². The van der Waals surface area contributed by atoms with Crippen LogP contribution in [0.25, 0.3) is 10.8 Å². The van der Waals surface area contributed by atoms with E-state index in [1.807, 2.05) is 78.9 Å². The number of ether oxygens (including phenoxy) is 2. The van der Waals surface area contributed by atoms with E-state index in [4.69, 9.17) is 9.47 Å². The van der Waals surface area contributed by atoms with Crippen molar-refractivity contribution in [3.05, 3.63) is 103 Å². The maximum atomic E-state index is 14.7. The average molecular weight is 636 g/mol. The summed E-state index contributed by atoms with van der Waals surface area (Å²) in [7, 11) is 0. The molecule has 7 atom stereocenters. The lowest BCUT2D eigenvalue weighted by Crippen LogP contribution is -2.57. The molecule has 4 aliphatic rings. The fourth-order valence-corrected chi connectivity index (χ4v) is 7.52. The van der Waals surface area contributed by atoms with Gasteiger partial charge >= 0.3 is 5.97 Å². The van der Waals surface area contributed by atoms with E-state index in [-0.39, 0.29) is 38.1 Å². The molecule has 10 nitrogen and oxygen atoms in total. The van der Waals surface area contributed by atoms with Crippen molar-refractivity contribution in [1.29, 1.82) is 0 Å². The Morgan fingerprint density at radius 3 is 2.51 bits per heavy atom. The minimum absolute atomic E-state index is 0.0737. The van der Waals surface area contributed by atoms with Crippen molar-refractivity contribution in [3.63, 3.8) is 0 Å². The zero-order chi connectivity index (χ0) is 32.7. The fraction of sp³-hybridized carbons (Fsp3) is 0.351. The summed E-state index contributed by atoms with van der Waals surface area (Å²) in [5, 5.41) is 15.3. The second-order valence-electron chi connectivity index (χ2n) is 12.6. The number of aliphatic hydroxyl groups is 1. The predicted molar refractivity (Wildman–Crippen MR) is 174 cm³/mol. The normalized spacial score (nSPS) is 30.7. The van der Waals surface area contributed by atoms with Gasteiger partial charge in [-0.25, -0.2) is 0 Å². The van der Waals surface area contributed by atoms with Gasteiger partial charge in [-0.15, -0.1) is 0 Å². The lowest BCUT2D eigenvalue weighted by Gasteiger charge is -2.37. The molecule has 7 rings (SSSR count). The van der Waals surface area contributed by atoms with E-state index in [1.165, 1.54) is 4.90 Å². The molecule has 0 aromatic heterocycles. The number of carbonyl (C=O) groups excluding carboxylic acids is 4. The summed E-state index contributed by atoms with van der Waals surface area (Å²) in [4.78, 5) is 59.2. The highest BCUT2D eigenvalue weighted by Gasteiger charge is 2.72. The number of cyclic esters (lactones) is 1. The number of amides is 3. The number of allylic oxidation sites excluding steroid dienone is 1. The van der Waals surface area contributed by atoms with E-state index >= 15 is 0 Å². The molecule has 2 saturated heterocycles. The molecule has 10 heteroatoms. The molecular weight excluding hydrogens is 598 g/mol. The summed E-state index contributed by atoms with van der Waals surface area (Å²) in [5.41, 5.74) is -0.0665. The smallest absolute Gasteiger partial charge is 0.306 e. The van der Waals surface area contributed by atoms with E-state index in [0.29, 0.717) is 12.1 Å². The molecule has 4 heterocycles.